The van der Waals surface area contributed by atoms with Crippen molar-refractivity contribution in [1.82, 2.24) is 24.1 Å². The molecule has 5 nitrogen and oxygen atoms in total. The largest absolute Gasteiger partial charge is 0.307 e. The molecule has 7 aromatic carbocycles. The Morgan fingerprint density at radius 2 is 1.08 bits per heavy atom. The highest BCUT2D eigenvalue weighted by Crippen LogP contribution is 2.52. The molecule has 0 N–H and O–H groups in total. The first kappa shape index (κ1) is 25.2. The number of fused-ring (bicyclic) bond motifs is 10. The van der Waals surface area contributed by atoms with Gasteiger partial charge in [0.25, 0.3) is 0 Å². The van der Waals surface area contributed by atoms with Gasteiger partial charge in [0.2, 0.25) is 5.95 Å². The Morgan fingerprint density at radius 1 is 0.491 bits per heavy atom. The molecule has 0 fully saturated rings. The molecule has 1 aliphatic rings. The normalized spacial score (nSPS) is 14.6. The van der Waals surface area contributed by atoms with Crippen molar-refractivity contribution in [2.75, 3.05) is 0 Å². The molecule has 0 atom stereocenters. The second-order valence-corrected chi connectivity index (χ2v) is 14.1. The highest BCUT2D eigenvalue weighted by molar-refractivity contribution is 6.23. The van der Waals surface area contributed by atoms with Gasteiger partial charge in [0, 0.05) is 43.8 Å². The van der Waals surface area contributed by atoms with Gasteiger partial charge in [0.05, 0.1) is 28.9 Å². The number of nitrogens with zero attached hydrogens (tertiary/aromatic N) is 5. The monoisotopic (exact) mass is 684 g/mol. The first-order chi connectivity index (χ1) is 28.1. The van der Waals surface area contributed by atoms with E-state index in [-0.39, 0.29) is 34.8 Å². The molecule has 0 saturated heterocycles. The highest BCUT2D eigenvalue weighted by Gasteiger charge is 2.37. The minimum atomic E-state index is -0.480. The minimum absolute atomic E-state index is 0.0122. The zero-order chi connectivity index (χ0) is 39.6. The van der Waals surface area contributed by atoms with Gasteiger partial charge in [-0.1, -0.05) is 153 Å². The lowest BCUT2D eigenvalue weighted by Gasteiger charge is -2.21. The molecule has 3 heterocycles. The van der Waals surface area contributed by atoms with Crippen LogP contribution >= 0.6 is 0 Å². The molecule has 0 bridgehead atoms. The summed E-state index contributed by atoms with van der Waals surface area (Å²) in [6.07, 6.45) is 0. The third-order valence-electron chi connectivity index (χ3n) is 10.9. The van der Waals surface area contributed by atoms with Crippen molar-refractivity contribution in [2.24, 2.45) is 0 Å². The molecule has 0 unspecified atom stereocenters. The zero-order valence-corrected chi connectivity index (χ0v) is 28.9. The van der Waals surface area contributed by atoms with Crippen LogP contribution in [0.5, 0.6) is 0 Å². The Hall–Kier alpha value is -6.85. The summed E-state index contributed by atoms with van der Waals surface area (Å²) in [5, 5.41) is 4.13. The summed E-state index contributed by atoms with van der Waals surface area (Å²) in [7, 11) is 0. The Morgan fingerprint density at radius 3 is 1.83 bits per heavy atom. The highest BCUT2D eigenvalue weighted by atomic mass is 15.2. The molecule has 0 amide bonds. The molecular weight excluding hydrogens is 647 g/mol. The average molecular weight is 685 g/mol. The van der Waals surface area contributed by atoms with E-state index in [1.54, 1.807) is 0 Å². The maximum atomic E-state index is 9.04. The molecule has 10 aromatic rings. The van der Waals surface area contributed by atoms with E-state index in [1.807, 2.05) is 54.6 Å². The maximum absolute atomic E-state index is 9.04. The van der Waals surface area contributed by atoms with E-state index in [0.717, 1.165) is 71.6 Å². The Balaban J connectivity index is 1.32. The molecule has 0 spiro atoms. The fraction of sp³-hybridized carbons (Fsp3) is 0.0625. The number of rotatable bonds is 4. The predicted octanol–water partition coefficient (Wildman–Crippen LogP) is 11.7. The van der Waals surface area contributed by atoms with Gasteiger partial charge < -0.3 is 4.57 Å². The van der Waals surface area contributed by atoms with E-state index in [4.69, 9.17) is 21.8 Å². The van der Waals surface area contributed by atoms with E-state index < -0.39 is 18.1 Å². The Kier molecular flexibility index (Phi) is 5.26. The first-order valence-electron chi connectivity index (χ1n) is 20.2. The summed E-state index contributed by atoms with van der Waals surface area (Å²) in [5.74, 6) is 0.582. The van der Waals surface area contributed by atoms with Crippen LogP contribution in [0.15, 0.2) is 164 Å². The fourth-order valence-electron chi connectivity index (χ4n) is 8.55. The van der Waals surface area contributed by atoms with Crippen LogP contribution in [0.1, 0.15) is 31.8 Å². The molecule has 0 aliphatic heterocycles. The smallest absolute Gasteiger partial charge is 0.238 e. The second kappa shape index (κ2) is 11.1. The minimum Gasteiger partial charge on any atom is -0.307 e. The van der Waals surface area contributed by atoms with Crippen LogP contribution in [0, 0.1) is 0 Å². The zero-order valence-electron chi connectivity index (χ0n) is 33.9. The number of aromatic nitrogens is 5. The fourth-order valence-corrected chi connectivity index (χ4v) is 8.55. The van der Waals surface area contributed by atoms with Crippen molar-refractivity contribution < 1.29 is 6.85 Å². The Bertz CT molecular complexity index is 3360. The van der Waals surface area contributed by atoms with Crippen LogP contribution in [0.25, 0.3) is 89.2 Å². The van der Waals surface area contributed by atoms with Crippen LogP contribution in [-0.4, -0.2) is 24.1 Å². The van der Waals surface area contributed by atoms with Gasteiger partial charge in [0.1, 0.15) is 0 Å². The lowest BCUT2D eigenvalue weighted by atomic mass is 9.82. The molecule has 0 radical (unpaired) electrons. The van der Waals surface area contributed by atoms with Crippen molar-refractivity contribution in [2.45, 2.75) is 19.3 Å². The number of benzene rings is 7. The van der Waals surface area contributed by atoms with Gasteiger partial charge in [0.15, 0.2) is 11.6 Å². The van der Waals surface area contributed by atoms with Crippen molar-refractivity contribution in [3.05, 3.63) is 175 Å². The van der Waals surface area contributed by atoms with Crippen LogP contribution in [0.3, 0.4) is 0 Å². The third kappa shape index (κ3) is 4.22. The van der Waals surface area contributed by atoms with Crippen LogP contribution in [0.4, 0.5) is 0 Å². The van der Waals surface area contributed by atoms with E-state index in [2.05, 4.69) is 102 Å². The molecule has 53 heavy (non-hydrogen) atoms. The Labute approximate surface area is 313 Å². The van der Waals surface area contributed by atoms with Crippen molar-refractivity contribution in [3.8, 4) is 45.5 Å². The maximum Gasteiger partial charge on any atom is 0.238 e. The average Bonchev–Trinajstić information content (AvgIpc) is 3.86. The molecule has 5 heteroatoms. The van der Waals surface area contributed by atoms with Crippen LogP contribution in [0.2, 0.25) is 0 Å². The SMILES string of the molecule is [2H]c1c([2H])c([2H])c(-c2nc(-c3cccc4c3-c3ccccc3C4(C)C)nc(-n3c4ccccc4c4ccc5c6ccccc6n(-c6ccccc6)c5c43)n2)c([2H])c1[2H]. The lowest BCUT2D eigenvalue weighted by molar-refractivity contribution is 0.660. The summed E-state index contributed by atoms with van der Waals surface area (Å²) < 4.78 is 48.0. The van der Waals surface area contributed by atoms with Gasteiger partial charge in [-0.15, -0.1) is 0 Å². The van der Waals surface area contributed by atoms with Gasteiger partial charge in [-0.3, -0.25) is 4.57 Å². The van der Waals surface area contributed by atoms with E-state index in [9.17, 15) is 0 Å². The lowest BCUT2D eigenvalue weighted by Crippen LogP contribution is -2.14. The second-order valence-electron chi connectivity index (χ2n) is 14.1. The van der Waals surface area contributed by atoms with Crippen LogP contribution < -0.4 is 0 Å². The number of para-hydroxylation sites is 3. The summed E-state index contributed by atoms with van der Waals surface area (Å²) in [4.78, 5) is 15.5. The van der Waals surface area contributed by atoms with E-state index in [1.165, 1.54) is 5.56 Å². The molecule has 250 valence electrons. The molecular formula is C48H33N5. The van der Waals surface area contributed by atoms with E-state index >= 15 is 0 Å². The number of hydrogen-bond donors (Lipinski definition) is 0. The molecule has 3 aromatic heterocycles. The standard InChI is InChI=1S/C48H33N5/c1-48(2)38-24-12-9-22-36(38)42-37(23-15-25-39(42)48)46-49-45(30-16-5-3-6-17-30)50-47(51-46)53-41-27-14-11-21-33(41)35-29-28-34-32-20-10-13-26-40(32)52(43(34)44(35)53)31-18-7-4-8-19-31/h3-29H,1-2H3/i3D,5D,6D,16D,17D. The van der Waals surface area contributed by atoms with Crippen molar-refractivity contribution >= 4 is 43.6 Å². The van der Waals surface area contributed by atoms with Gasteiger partial charge in [-0.25, -0.2) is 4.98 Å². The first-order valence-corrected chi connectivity index (χ1v) is 17.7. The molecule has 1 aliphatic carbocycles. The van der Waals surface area contributed by atoms with E-state index in [0.29, 0.717) is 5.82 Å². The van der Waals surface area contributed by atoms with Gasteiger partial charge in [-0.05, 0) is 46.5 Å². The summed E-state index contributed by atoms with van der Waals surface area (Å²) >= 11 is 0. The predicted molar refractivity (Wildman–Crippen MR) is 217 cm³/mol. The van der Waals surface area contributed by atoms with Crippen molar-refractivity contribution in [3.63, 3.8) is 0 Å². The summed E-state index contributed by atoms with van der Waals surface area (Å²) in [6.45, 7) is 4.43. The van der Waals surface area contributed by atoms with Crippen molar-refractivity contribution in [1.29, 1.82) is 0 Å². The van der Waals surface area contributed by atoms with Crippen LogP contribution in [-0.2, 0) is 5.41 Å². The van der Waals surface area contributed by atoms with Gasteiger partial charge in [-0.2, -0.15) is 9.97 Å². The quantitative estimate of drug-likeness (QED) is 0.185. The number of hydrogen-bond acceptors (Lipinski definition) is 3. The summed E-state index contributed by atoms with van der Waals surface area (Å²) in [5.41, 5.74) is 9.50. The molecule has 0 saturated carbocycles. The molecule has 11 rings (SSSR count). The summed E-state index contributed by atoms with van der Waals surface area (Å²) in [6, 6.07) is 43.5. The topological polar surface area (TPSA) is 48.5 Å². The third-order valence-corrected chi connectivity index (χ3v) is 10.9. The van der Waals surface area contributed by atoms with Gasteiger partial charge >= 0.3 is 0 Å².